The molecule has 21 heavy (non-hydrogen) atoms. The van der Waals surface area contributed by atoms with Crippen LogP contribution in [-0.4, -0.2) is 33.6 Å². The van der Waals surface area contributed by atoms with Crippen LogP contribution >= 0.6 is 0 Å². The molecule has 1 heterocycles. The maximum absolute atomic E-state index is 11.3. The van der Waals surface area contributed by atoms with E-state index in [4.69, 9.17) is 0 Å². The molecule has 3 rings (SSSR count). The van der Waals surface area contributed by atoms with Crippen molar-refractivity contribution in [3.05, 3.63) is 17.6 Å². The molecular weight excluding hydrogens is 266 g/mol. The Morgan fingerprint density at radius 3 is 2.67 bits per heavy atom. The maximum atomic E-state index is 11.3. The number of nitrogens with zero attached hydrogens (tertiary/aromatic N) is 3. The number of hydrogen-bond donors (Lipinski definition) is 1. The topological polar surface area (TPSA) is 66.3 Å². The van der Waals surface area contributed by atoms with Crippen molar-refractivity contribution in [3.63, 3.8) is 0 Å². The molecule has 1 saturated carbocycles. The van der Waals surface area contributed by atoms with Crippen LogP contribution in [0.4, 0.5) is 5.82 Å². The Morgan fingerprint density at radius 1 is 1.14 bits per heavy atom. The third-order valence-corrected chi connectivity index (χ3v) is 4.70. The zero-order valence-electron chi connectivity index (χ0n) is 12.4. The summed E-state index contributed by atoms with van der Waals surface area (Å²) in [5, 5.41) is 9.28. The van der Waals surface area contributed by atoms with Crippen LogP contribution in [-0.2, 0) is 17.6 Å². The van der Waals surface area contributed by atoms with E-state index in [1.165, 1.54) is 31.2 Å². The smallest absolute Gasteiger partial charge is 0.323 e. The Hall–Kier alpha value is -1.65. The summed E-state index contributed by atoms with van der Waals surface area (Å²) in [5.41, 5.74) is 2.33. The van der Waals surface area contributed by atoms with Gasteiger partial charge in [0.25, 0.3) is 0 Å². The number of aliphatic carboxylic acids is 1. The Labute approximate surface area is 125 Å². The first-order valence-corrected chi connectivity index (χ1v) is 8.07. The van der Waals surface area contributed by atoms with Crippen LogP contribution in [0.25, 0.3) is 0 Å². The Kier molecular flexibility index (Phi) is 4.36. The molecule has 5 nitrogen and oxygen atoms in total. The summed E-state index contributed by atoms with van der Waals surface area (Å²) in [7, 11) is 0. The van der Waals surface area contributed by atoms with Gasteiger partial charge in [-0.15, -0.1) is 0 Å². The molecule has 1 aromatic heterocycles. The van der Waals surface area contributed by atoms with Crippen LogP contribution < -0.4 is 4.90 Å². The summed E-state index contributed by atoms with van der Waals surface area (Å²) in [4.78, 5) is 22.2. The highest BCUT2D eigenvalue weighted by molar-refractivity contribution is 5.74. The minimum absolute atomic E-state index is 0.0497. The van der Waals surface area contributed by atoms with Crippen molar-refractivity contribution in [3.8, 4) is 0 Å². The van der Waals surface area contributed by atoms with Gasteiger partial charge in [-0.05, 0) is 38.5 Å². The number of carboxylic acid groups (broad SMARTS) is 1. The number of aryl methyl sites for hydroxylation is 1. The fourth-order valence-corrected chi connectivity index (χ4v) is 3.67. The SMILES string of the molecule is O=C(O)CN(c1ncnc2c1CCCCC2)C1CCCC1. The predicted octanol–water partition coefficient (Wildman–Crippen LogP) is 2.58. The minimum atomic E-state index is -0.775. The fourth-order valence-electron chi connectivity index (χ4n) is 3.67. The highest BCUT2D eigenvalue weighted by Gasteiger charge is 2.28. The molecule has 2 aliphatic rings. The lowest BCUT2D eigenvalue weighted by molar-refractivity contribution is -0.135. The van der Waals surface area contributed by atoms with E-state index in [2.05, 4.69) is 9.97 Å². The number of carboxylic acids is 1. The van der Waals surface area contributed by atoms with Gasteiger partial charge in [0, 0.05) is 17.3 Å². The summed E-state index contributed by atoms with van der Waals surface area (Å²) < 4.78 is 0. The molecule has 2 aliphatic carbocycles. The van der Waals surface area contributed by atoms with Gasteiger partial charge >= 0.3 is 5.97 Å². The van der Waals surface area contributed by atoms with Crippen molar-refractivity contribution < 1.29 is 9.90 Å². The molecular formula is C16H23N3O2. The van der Waals surface area contributed by atoms with Gasteiger partial charge in [0.1, 0.15) is 18.7 Å². The fraction of sp³-hybridized carbons (Fsp3) is 0.688. The molecule has 1 N–H and O–H groups in total. The highest BCUT2D eigenvalue weighted by Crippen LogP contribution is 2.32. The summed E-state index contributed by atoms with van der Waals surface area (Å²) in [6.45, 7) is 0.0497. The van der Waals surface area contributed by atoms with E-state index in [9.17, 15) is 9.90 Å². The van der Waals surface area contributed by atoms with Crippen molar-refractivity contribution in [2.75, 3.05) is 11.4 Å². The van der Waals surface area contributed by atoms with Crippen molar-refractivity contribution >= 4 is 11.8 Å². The van der Waals surface area contributed by atoms with Crippen molar-refractivity contribution in [2.24, 2.45) is 0 Å². The lowest BCUT2D eigenvalue weighted by atomic mass is 10.1. The summed E-state index contributed by atoms with van der Waals surface area (Å²) in [6, 6.07) is 0.323. The largest absolute Gasteiger partial charge is 0.480 e. The quantitative estimate of drug-likeness (QED) is 0.863. The van der Waals surface area contributed by atoms with Gasteiger partial charge in [0.15, 0.2) is 0 Å². The number of fused-ring (bicyclic) bond motifs is 1. The molecule has 0 atom stereocenters. The van der Waals surface area contributed by atoms with Crippen LogP contribution in [0.5, 0.6) is 0 Å². The Bertz CT molecular complexity index is 512. The highest BCUT2D eigenvalue weighted by atomic mass is 16.4. The maximum Gasteiger partial charge on any atom is 0.323 e. The van der Waals surface area contributed by atoms with E-state index < -0.39 is 5.97 Å². The van der Waals surface area contributed by atoms with Crippen LogP contribution in [0.3, 0.4) is 0 Å². The molecule has 0 bridgehead atoms. The second-order valence-corrected chi connectivity index (χ2v) is 6.14. The average Bonchev–Trinajstić information content (AvgIpc) is 2.89. The third-order valence-electron chi connectivity index (χ3n) is 4.70. The number of aromatic nitrogens is 2. The van der Waals surface area contributed by atoms with Gasteiger partial charge in [-0.2, -0.15) is 0 Å². The molecule has 0 radical (unpaired) electrons. The Balaban J connectivity index is 1.96. The van der Waals surface area contributed by atoms with Crippen molar-refractivity contribution in [1.29, 1.82) is 0 Å². The molecule has 0 aliphatic heterocycles. The van der Waals surface area contributed by atoms with E-state index in [1.54, 1.807) is 6.33 Å². The van der Waals surface area contributed by atoms with Crippen LogP contribution in [0.15, 0.2) is 6.33 Å². The molecule has 1 fully saturated rings. The standard InChI is InChI=1S/C16H23N3O2/c20-15(21)10-19(12-6-4-5-7-12)16-13-8-2-1-3-9-14(13)17-11-18-16/h11-12H,1-10H2,(H,20,21). The molecule has 0 spiro atoms. The van der Waals surface area contributed by atoms with Crippen molar-refractivity contribution in [1.82, 2.24) is 9.97 Å². The monoisotopic (exact) mass is 289 g/mol. The first kappa shape index (κ1) is 14.3. The molecule has 0 aromatic carbocycles. The Morgan fingerprint density at radius 2 is 1.90 bits per heavy atom. The lowest BCUT2D eigenvalue weighted by Crippen LogP contribution is -2.39. The van der Waals surface area contributed by atoms with E-state index >= 15 is 0 Å². The summed E-state index contributed by atoms with van der Waals surface area (Å²) >= 11 is 0. The first-order valence-electron chi connectivity index (χ1n) is 8.07. The van der Waals surface area contributed by atoms with Gasteiger partial charge in [0.05, 0.1) is 0 Å². The molecule has 5 heteroatoms. The second-order valence-electron chi connectivity index (χ2n) is 6.14. The zero-order valence-corrected chi connectivity index (χ0v) is 12.4. The minimum Gasteiger partial charge on any atom is -0.480 e. The number of anilines is 1. The van der Waals surface area contributed by atoms with Gasteiger partial charge in [-0.1, -0.05) is 19.3 Å². The zero-order chi connectivity index (χ0) is 14.7. The van der Waals surface area contributed by atoms with E-state index in [1.807, 2.05) is 4.90 Å². The second kappa shape index (κ2) is 6.41. The van der Waals surface area contributed by atoms with Gasteiger partial charge < -0.3 is 10.0 Å². The first-order chi connectivity index (χ1) is 10.3. The molecule has 0 unspecified atom stereocenters. The average molecular weight is 289 g/mol. The molecule has 1 aromatic rings. The predicted molar refractivity (Wildman–Crippen MR) is 80.5 cm³/mol. The van der Waals surface area contributed by atoms with Gasteiger partial charge in [-0.25, -0.2) is 9.97 Å². The van der Waals surface area contributed by atoms with E-state index in [-0.39, 0.29) is 6.54 Å². The van der Waals surface area contributed by atoms with E-state index in [0.29, 0.717) is 6.04 Å². The van der Waals surface area contributed by atoms with E-state index in [0.717, 1.165) is 43.6 Å². The van der Waals surface area contributed by atoms with Crippen LogP contribution in [0, 0.1) is 0 Å². The van der Waals surface area contributed by atoms with Gasteiger partial charge in [0.2, 0.25) is 0 Å². The lowest BCUT2D eigenvalue weighted by Gasteiger charge is -2.30. The summed E-state index contributed by atoms with van der Waals surface area (Å²) in [6.07, 6.45) is 11.7. The summed E-state index contributed by atoms with van der Waals surface area (Å²) in [5.74, 6) is 0.110. The number of carbonyl (C=O) groups is 1. The molecule has 0 amide bonds. The number of hydrogen-bond acceptors (Lipinski definition) is 4. The number of rotatable bonds is 4. The van der Waals surface area contributed by atoms with Crippen LogP contribution in [0.2, 0.25) is 0 Å². The third kappa shape index (κ3) is 3.17. The van der Waals surface area contributed by atoms with Gasteiger partial charge in [-0.3, -0.25) is 4.79 Å². The normalized spacial score (nSPS) is 19.0. The van der Waals surface area contributed by atoms with Crippen molar-refractivity contribution in [2.45, 2.75) is 63.8 Å². The molecule has 114 valence electrons. The van der Waals surface area contributed by atoms with Crippen LogP contribution in [0.1, 0.15) is 56.2 Å². The molecule has 0 saturated heterocycles.